The van der Waals surface area contributed by atoms with Crippen LogP contribution < -0.4 is 5.32 Å². The quantitative estimate of drug-likeness (QED) is 0.632. The molecule has 0 spiro atoms. The second-order valence-electron chi connectivity index (χ2n) is 2.42. The molecular weight excluding hydrogens is 162 g/mol. The molecule has 0 saturated carbocycles. The average molecular weight is 177 g/mol. The number of amides is 1. The largest absolute Gasteiger partial charge is 0.393 e. The second-order valence-corrected chi connectivity index (χ2v) is 3.29. The molecule has 3 nitrogen and oxygen atoms in total. The lowest BCUT2D eigenvalue weighted by atomic mass is 10.3. The Morgan fingerprint density at radius 2 is 2.36 bits per heavy atom. The highest BCUT2D eigenvalue weighted by molar-refractivity contribution is 7.99. The van der Waals surface area contributed by atoms with Crippen LogP contribution in [0, 0.1) is 0 Å². The number of thioether (sulfide) groups is 1. The van der Waals surface area contributed by atoms with Crippen LogP contribution in [0.3, 0.4) is 0 Å². The van der Waals surface area contributed by atoms with Crippen LogP contribution in [0.15, 0.2) is 0 Å². The zero-order valence-corrected chi connectivity index (χ0v) is 7.78. The highest BCUT2D eigenvalue weighted by Crippen LogP contribution is 1.90. The fraction of sp³-hybridized carbons (Fsp3) is 0.857. The fourth-order valence-corrected chi connectivity index (χ4v) is 0.967. The summed E-state index contributed by atoms with van der Waals surface area (Å²) in [5.41, 5.74) is 0. The van der Waals surface area contributed by atoms with Gasteiger partial charge in [-0.2, -0.15) is 11.8 Å². The molecule has 0 heterocycles. The van der Waals surface area contributed by atoms with E-state index in [9.17, 15) is 4.79 Å². The maximum atomic E-state index is 10.8. The molecule has 66 valence electrons. The van der Waals surface area contributed by atoms with Gasteiger partial charge in [-0.3, -0.25) is 4.79 Å². The van der Waals surface area contributed by atoms with Crippen molar-refractivity contribution in [1.82, 2.24) is 5.32 Å². The van der Waals surface area contributed by atoms with E-state index >= 15 is 0 Å². The van der Waals surface area contributed by atoms with Crippen molar-refractivity contribution in [2.24, 2.45) is 0 Å². The van der Waals surface area contributed by atoms with Gasteiger partial charge in [-0.05, 0) is 19.6 Å². The normalized spacial score (nSPS) is 12.6. The van der Waals surface area contributed by atoms with Crippen molar-refractivity contribution in [2.75, 3.05) is 18.6 Å². The van der Waals surface area contributed by atoms with E-state index in [1.807, 2.05) is 6.26 Å². The maximum absolute atomic E-state index is 10.8. The van der Waals surface area contributed by atoms with E-state index in [1.165, 1.54) is 11.8 Å². The first-order valence-electron chi connectivity index (χ1n) is 3.60. The zero-order chi connectivity index (χ0) is 8.69. The van der Waals surface area contributed by atoms with E-state index in [0.717, 1.165) is 0 Å². The van der Waals surface area contributed by atoms with Gasteiger partial charge in [0, 0.05) is 6.54 Å². The minimum absolute atomic E-state index is 0.0400. The van der Waals surface area contributed by atoms with Gasteiger partial charge in [0.05, 0.1) is 11.9 Å². The summed E-state index contributed by atoms with van der Waals surface area (Å²) in [5.74, 6) is 0.540. The van der Waals surface area contributed by atoms with Crippen LogP contribution in [0.4, 0.5) is 0 Å². The summed E-state index contributed by atoms with van der Waals surface area (Å²) in [5, 5.41) is 11.5. The van der Waals surface area contributed by atoms with Gasteiger partial charge in [0.25, 0.3) is 0 Å². The average Bonchev–Trinajstić information content (AvgIpc) is 1.87. The number of hydrogen-bond acceptors (Lipinski definition) is 3. The highest BCUT2D eigenvalue weighted by atomic mass is 32.2. The monoisotopic (exact) mass is 177 g/mol. The van der Waals surface area contributed by atoms with Gasteiger partial charge in [-0.25, -0.2) is 0 Å². The molecule has 1 unspecified atom stereocenters. The summed E-state index contributed by atoms with van der Waals surface area (Å²) >= 11 is 1.49. The molecule has 0 fully saturated rings. The van der Waals surface area contributed by atoms with Gasteiger partial charge >= 0.3 is 0 Å². The lowest BCUT2D eigenvalue weighted by molar-refractivity contribution is -0.118. The minimum atomic E-state index is -0.329. The molecule has 0 saturated heterocycles. The number of hydrogen-bond donors (Lipinski definition) is 2. The van der Waals surface area contributed by atoms with Crippen molar-refractivity contribution in [2.45, 2.75) is 19.4 Å². The second kappa shape index (κ2) is 6.49. The molecular formula is C7H15NO2S. The molecule has 0 aliphatic rings. The lowest BCUT2D eigenvalue weighted by Crippen LogP contribution is -2.27. The van der Waals surface area contributed by atoms with Crippen LogP contribution in [0.2, 0.25) is 0 Å². The molecule has 1 amide bonds. The molecule has 11 heavy (non-hydrogen) atoms. The molecule has 4 heteroatoms. The SMILES string of the molecule is CSCC(=O)NCCC(C)O. The smallest absolute Gasteiger partial charge is 0.229 e. The Bertz CT molecular complexity index is 117. The van der Waals surface area contributed by atoms with Gasteiger partial charge < -0.3 is 10.4 Å². The van der Waals surface area contributed by atoms with Crippen LogP contribution in [0.1, 0.15) is 13.3 Å². The van der Waals surface area contributed by atoms with E-state index in [0.29, 0.717) is 18.7 Å². The summed E-state index contributed by atoms with van der Waals surface area (Å²) in [4.78, 5) is 10.8. The molecule has 0 aromatic heterocycles. The van der Waals surface area contributed by atoms with Crippen molar-refractivity contribution in [3.05, 3.63) is 0 Å². The molecule has 0 aromatic rings. The number of aliphatic hydroxyl groups is 1. The summed E-state index contributed by atoms with van der Waals surface area (Å²) in [6.07, 6.45) is 2.18. The highest BCUT2D eigenvalue weighted by Gasteiger charge is 1.99. The van der Waals surface area contributed by atoms with Crippen LogP contribution in [0.25, 0.3) is 0 Å². The lowest BCUT2D eigenvalue weighted by Gasteiger charge is -2.05. The standard InChI is InChI=1S/C7H15NO2S/c1-6(9)3-4-8-7(10)5-11-2/h6,9H,3-5H2,1-2H3,(H,8,10). The molecule has 0 aromatic carbocycles. The molecule has 0 radical (unpaired) electrons. The Kier molecular flexibility index (Phi) is 6.36. The first kappa shape index (κ1) is 10.8. The molecule has 1 atom stereocenters. The van der Waals surface area contributed by atoms with Gasteiger partial charge in [-0.1, -0.05) is 0 Å². The Balaban J connectivity index is 3.17. The van der Waals surface area contributed by atoms with Crippen LogP contribution >= 0.6 is 11.8 Å². The molecule has 0 bridgehead atoms. The molecule has 0 aliphatic heterocycles. The van der Waals surface area contributed by atoms with Gasteiger partial charge in [0.1, 0.15) is 0 Å². The van der Waals surface area contributed by atoms with Crippen molar-refractivity contribution < 1.29 is 9.90 Å². The topological polar surface area (TPSA) is 49.3 Å². The van der Waals surface area contributed by atoms with E-state index in [4.69, 9.17) is 5.11 Å². The summed E-state index contributed by atoms with van der Waals surface area (Å²) < 4.78 is 0. The zero-order valence-electron chi connectivity index (χ0n) is 6.96. The fourth-order valence-electron chi connectivity index (χ4n) is 0.603. The van der Waals surface area contributed by atoms with Gasteiger partial charge in [-0.15, -0.1) is 0 Å². The Morgan fingerprint density at radius 3 is 2.82 bits per heavy atom. The minimum Gasteiger partial charge on any atom is -0.393 e. The van der Waals surface area contributed by atoms with Crippen LogP contribution in [-0.2, 0) is 4.79 Å². The Hall–Kier alpha value is -0.220. The summed E-state index contributed by atoms with van der Waals surface area (Å²) in [6, 6.07) is 0. The first-order chi connectivity index (χ1) is 5.16. The van der Waals surface area contributed by atoms with Gasteiger partial charge in [0.2, 0.25) is 5.91 Å². The van der Waals surface area contributed by atoms with Gasteiger partial charge in [0.15, 0.2) is 0 Å². The Morgan fingerprint density at radius 1 is 1.73 bits per heavy atom. The van der Waals surface area contributed by atoms with E-state index < -0.39 is 0 Å². The molecule has 2 N–H and O–H groups in total. The van der Waals surface area contributed by atoms with E-state index in [2.05, 4.69) is 5.32 Å². The van der Waals surface area contributed by atoms with Crippen LogP contribution in [0.5, 0.6) is 0 Å². The van der Waals surface area contributed by atoms with Crippen molar-refractivity contribution in [1.29, 1.82) is 0 Å². The summed E-state index contributed by atoms with van der Waals surface area (Å²) in [7, 11) is 0. The summed E-state index contributed by atoms with van der Waals surface area (Å²) in [6.45, 7) is 2.28. The van der Waals surface area contributed by atoms with Crippen molar-refractivity contribution >= 4 is 17.7 Å². The number of nitrogens with one attached hydrogen (secondary N) is 1. The molecule has 0 aliphatic carbocycles. The predicted molar refractivity (Wildman–Crippen MR) is 47.7 cm³/mol. The number of rotatable bonds is 5. The van der Waals surface area contributed by atoms with Crippen molar-refractivity contribution in [3.63, 3.8) is 0 Å². The predicted octanol–water partition coefficient (Wildman–Crippen LogP) is 0.237. The third-order valence-electron chi connectivity index (χ3n) is 1.16. The third-order valence-corrected chi connectivity index (χ3v) is 1.71. The number of aliphatic hydroxyl groups excluding tert-OH is 1. The van der Waals surface area contributed by atoms with Crippen molar-refractivity contribution in [3.8, 4) is 0 Å². The Labute approximate surface area is 71.6 Å². The maximum Gasteiger partial charge on any atom is 0.229 e. The third kappa shape index (κ3) is 7.68. The first-order valence-corrected chi connectivity index (χ1v) is 5.00. The van der Waals surface area contributed by atoms with Crippen LogP contribution in [-0.4, -0.2) is 35.7 Å². The molecule has 0 rings (SSSR count). The number of carbonyl (C=O) groups is 1. The van der Waals surface area contributed by atoms with E-state index in [1.54, 1.807) is 6.92 Å². The van der Waals surface area contributed by atoms with E-state index in [-0.39, 0.29) is 12.0 Å². The number of carbonyl (C=O) groups excluding carboxylic acids is 1.